The molecule has 3 rings (SSSR count). The van der Waals surface area contributed by atoms with Gasteiger partial charge in [0.1, 0.15) is 10.7 Å². The Hall–Kier alpha value is -2.12. The lowest BCUT2D eigenvalue weighted by Crippen LogP contribution is -2.15. The van der Waals surface area contributed by atoms with Gasteiger partial charge in [-0.3, -0.25) is 4.79 Å². The third-order valence-corrected chi connectivity index (χ3v) is 4.40. The Kier molecular flexibility index (Phi) is 4.49. The number of nitrogens with zero attached hydrogens (tertiary/aromatic N) is 1. The van der Waals surface area contributed by atoms with E-state index >= 15 is 0 Å². The van der Waals surface area contributed by atoms with Crippen molar-refractivity contribution in [3.63, 3.8) is 0 Å². The number of rotatable bonds is 5. The summed E-state index contributed by atoms with van der Waals surface area (Å²) in [5, 5.41) is 5.33. The number of hydrogen-bond acceptors (Lipinski definition) is 6. The van der Waals surface area contributed by atoms with Crippen LogP contribution in [-0.4, -0.2) is 17.7 Å². The first-order chi connectivity index (χ1) is 11.0. The smallest absolute Gasteiger partial charge is 0.275 e. The van der Waals surface area contributed by atoms with Crippen molar-refractivity contribution in [3.05, 3.63) is 34.3 Å². The molecular weight excluding hydrogens is 314 g/mol. The number of carbonyl (C=O) groups excluding carboxylic acids is 1. The van der Waals surface area contributed by atoms with Crippen LogP contribution in [0.4, 0.5) is 5.69 Å². The highest BCUT2D eigenvalue weighted by Crippen LogP contribution is 2.34. The molecule has 2 heterocycles. The summed E-state index contributed by atoms with van der Waals surface area (Å²) in [5.41, 5.74) is 7.13. The SMILES string of the molecule is CC(C)CC(N)c1nc(C(=O)Nc2ccc3c(c2)OCO3)cs1. The molecule has 6 nitrogen and oxygen atoms in total. The number of amides is 1. The highest BCUT2D eigenvalue weighted by Gasteiger charge is 2.18. The van der Waals surface area contributed by atoms with Crippen molar-refractivity contribution in [2.24, 2.45) is 11.7 Å². The van der Waals surface area contributed by atoms with Crippen LogP contribution < -0.4 is 20.5 Å². The fraction of sp³-hybridized carbons (Fsp3) is 0.375. The number of benzene rings is 1. The molecule has 122 valence electrons. The molecule has 23 heavy (non-hydrogen) atoms. The molecule has 7 heteroatoms. The van der Waals surface area contributed by atoms with Gasteiger partial charge in [-0.2, -0.15) is 0 Å². The maximum atomic E-state index is 12.3. The van der Waals surface area contributed by atoms with Crippen LogP contribution in [0.3, 0.4) is 0 Å². The lowest BCUT2D eigenvalue weighted by atomic mass is 10.1. The van der Waals surface area contributed by atoms with E-state index in [2.05, 4.69) is 24.1 Å². The highest BCUT2D eigenvalue weighted by atomic mass is 32.1. The molecule has 1 aromatic heterocycles. The number of carbonyl (C=O) groups is 1. The topological polar surface area (TPSA) is 86.5 Å². The number of fused-ring (bicyclic) bond motifs is 1. The van der Waals surface area contributed by atoms with E-state index in [9.17, 15) is 4.79 Å². The van der Waals surface area contributed by atoms with E-state index in [0.717, 1.165) is 11.4 Å². The standard InChI is InChI=1S/C16H19N3O3S/c1-9(2)5-11(17)16-19-12(7-23-16)15(20)18-10-3-4-13-14(6-10)22-8-21-13/h3-4,6-7,9,11H,5,8,17H2,1-2H3,(H,18,20). The lowest BCUT2D eigenvalue weighted by Gasteiger charge is -2.10. The van der Waals surface area contributed by atoms with E-state index in [-0.39, 0.29) is 18.7 Å². The average Bonchev–Trinajstić information content (AvgIpc) is 3.15. The summed E-state index contributed by atoms with van der Waals surface area (Å²) in [6.45, 7) is 4.43. The summed E-state index contributed by atoms with van der Waals surface area (Å²) < 4.78 is 10.5. The normalized spacial score (nSPS) is 14.1. The van der Waals surface area contributed by atoms with Crippen molar-refractivity contribution >= 4 is 22.9 Å². The summed E-state index contributed by atoms with van der Waals surface area (Å²) in [5.74, 6) is 1.53. The second-order valence-corrected chi connectivity index (χ2v) is 6.72. The van der Waals surface area contributed by atoms with Gasteiger partial charge < -0.3 is 20.5 Å². The largest absolute Gasteiger partial charge is 0.454 e. The fourth-order valence-corrected chi connectivity index (χ4v) is 3.15. The van der Waals surface area contributed by atoms with E-state index in [1.165, 1.54) is 11.3 Å². The molecule has 0 saturated carbocycles. The Bertz CT molecular complexity index is 714. The molecule has 0 fully saturated rings. The quantitative estimate of drug-likeness (QED) is 0.877. The monoisotopic (exact) mass is 333 g/mol. The van der Waals surface area contributed by atoms with Gasteiger partial charge in [-0.1, -0.05) is 13.8 Å². The summed E-state index contributed by atoms with van der Waals surface area (Å²) >= 11 is 1.42. The van der Waals surface area contributed by atoms with Gasteiger partial charge in [-0.25, -0.2) is 4.98 Å². The predicted octanol–water partition coefficient (Wildman–Crippen LogP) is 3.17. The molecule has 2 aromatic rings. The molecule has 0 spiro atoms. The summed E-state index contributed by atoms with van der Waals surface area (Å²) in [4.78, 5) is 16.6. The van der Waals surface area contributed by atoms with Gasteiger partial charge in [0.05, 0.1) is 6.04 Å². The first-order valence-electron chi connectivity index (χ1n) is 7.45. The first-order valence-corrected chi connectivity index (χ1v) is 8.33. The lowest BCUT2D eigenvalue weighted by molar-refractivity contribution is 0.102. The third kappa shape index (κ3) is 3.62. The number of thiazole rings is 1. The number of nitrogens with one attached hydrogen (secondary N) is 1. The molecule has 1 aromatic carbocycles. The van der Waals surface area contributed by atoms with Gasteiger partial charge >= 0.3 is 0 Å². The van der Waals surface area contributed by atoms with Gasteiger partial charge in [0, 0.05) is 17.1 Å². The van der Waals surface area contributed by atoms with Crippen molar-refractivity contribution < 1.29 is 14.3 Å². The molecule has 1 aliphatic rings. The third-order valence-electron chi connectivity index (χ3n) is 3.43. The molecule has 1 atom stereocenters. The van der Waals surface area contributed by atoms with Crippen LogP contribution in [0.1, 0.15) is 41.8 Å². The Morgan fingerprint density at radius 3 is 2.96 bits per heavy atom. The maximum absolute atomic E-state index is 12.3. The molecule has 0 radical (unpaired) electrons. The molecule has 0 saturated heterocycles. The van der Waals surface area contributed by atoms with E-state index in [0.29, 0.717) is 28.8 Å². The average molecular weight is 333 g/mol. The minimum Gasteiger partial charge on any atom is -0.454 e. The second-order valence-electron chi connectivity index (χ2n) is 5.83. The van der Waals surface area contributed by atoms with Crippen molar-refractivity contribution in [3.8, 4) is 11.5 Å². The number of hydrogen-bond donors (Lipinski definition) is 2. The predicted molar refractivity (Wildman–Crippen MR) is 89.0 cm³/mol. The van der Waals surface area contributed by atoms with Crippen LogP contribution in [0.2, 0.25) is 0 Å². The Morgan fingerprint density at radius 2 is 2.17 bits per heavy atom. The zero-order valence-corrected chi connectivity index (χ0v) is 13.9. The molecule has 1 aliphatic heterocycles. The van der Waals surface area contributed by atoms with Crippen LogP contribution in [0.25, 0.3) is 0 Å². The van der Waals surface area contributed by atoms with Gasteiger partial charge in [-0.15, -0.1) is 11.3 Å². The zero-order valence-electron chi connectivity index (χ0n) is 13.0. The van der Waals surface area contributed by atoms with Gasteiger partial charge in [0.25, 0.3) is 5.91 Å². The summed E-state index contributed by atoms with van der Waals surface area (Å²) in [6, 6.07) is 5.14. The first kappa shape index (κ1) is 15.8. The van der Waals surface area contributed by atoms with Crippen LogP contribution >= 0.6 is 11.3 Å². The van der Waals surface area contributed by atoms with Crippen molar-refractivity contribution in [1.82, 2.24) is 4.98 Å². The minimum atomic E-state index is -0.261. The zero-order chi connectivity index (χ0) is 16.4. The second kappa shape index (κ2) is 6.55. The molecular formula is C16H19N3O3S. The minimum absolute atomic E-state index is 0.132. The maximum Gasteiger partial charge on any atom is 0.275 e. The Balaban J connectivity index is 1.68. The highest BCUT2D eigenvalue weighted by molar-refractivity contribution is 7.09. The molecule has 1 amide bonds. The summed E-state index contributed by atoms with van der Waals surface area (Å²) in [7, 11) is 0. The van der Waals surface area contributed by atoms with Crippen molar-refractivity contribution in [2.75, 3.05) is 12.1 Å². The van der Waals surface area contributed by atoms with Gasteiger partial charge in [-0.05, 0) is 24.5 Å². The van der Waals surface area contributed by atoms with E-state index < -0.39 is 0 Å². The van der Waals surface area contributed by atoms with Crippen LogP contribution in [0.15, 0.2) is 23.6 Å². The number of aromatic nitrogens is 1. The van der Waals surface area contributed by atoms with Crippen LogP contribution in [0, 0.1) is 5.92 Å². The van der Waals surface area contributed by atoms with Crippen LogP contribution in [0.5, 0.6) is 11.5 Å². The molecule has 0 aliphatic carbocycles. The number of ether oxygens (including phenoxy) is 2. The van der Waals surface area contributed by atoms with E-state index in [1.54, 1.807) is 23.6 Å². The van der Waals surface area contributed by atoms with E-state index in [1.807, 2.05) is 0 Å². The molecule has 3 N–H and O–H groups in total. The Labute approximate surface area is 138 Å². The number of anilines is 1. The molecule has 0 bridgehead atoms. The fourth-order valence-electron chi connectivity index (χ4n) is 2.34. The Morgan fingerprint density at radius 1 is 1.39 bits per heavy atom. The molecule has 1 unspecified atom stereocenters. The van der Waals surface area contributed by atoms with Crippen molar-refractivity contribution in [1.29, 1.82) is 0 Å². The van der Waals surface area contributed by atoms with Gasteiger partial charge in [0.15, 0.2) is 11.5 Å². The number of nitrogens with two attached hydrogens (primary N) is 1. The van der Waals surface area contributed by atoms with Gasteiger partial charge in [0.2, 0.25) is 6.79 Å². The van der Waals surface area contributed by atoms with Crippen LogP contribution in [-0.2, 0) is 0 Å². The summed E-state index contributed by atoms with van der Waals surface area (Å²) in [6.07, 6.45) is 0.844. The van der Waals surface area contributed by atoms with E-state index in [4.69, 9.17) is 15.2 Å². The van der Waals surface area contributed by atoms with Crippen molar-refractivity contribution in [2.45, 2.75) is 26.3 Å².